The molecule has 1 aromatic heterocycles. The van der Waals surface area contributed by atoms with Gasteiger partial charge in [-0.05, 0) is 143 Å². The molecule has 62 heavy (non-hydrogen) atoms. The molecule has 0 N–H and O–H groups in total. The van der Waals surface area contributed by atoms with Crippen LogP contribution in [0.4, 0.5) is 17.1 Å². The van der Waals surface area contributed by atoms with E-state index in [-0.39, 0.29) is 5.41 Å². The van der Waals surface area contributed by atoms with Gasteiger partial charge in [-0.25, -0.2) is 0 Å². The predicted molar refractivity (Wildman–Crippen MR) is 264 cm³/mol. The van der Waals surface area contributed by atoms with E-state index < -0.39 is 0 Å². The van der Waals surface area contributed by atoms with Crippen molar-refractivity contribution in [3.8, 4) is 50.2 Å². The smallest absolute Gasteiger partial charge is 0.0547 e. The van der Waals surface area contributed by atoms with Crippen molar-refractivity contribution < 1.29 is 0 Å². The molecule has 0 radical (unpaired) electrons. The molecule has 2 nitrogen and oxygen atoms in total. The number of rotatable bonds is 7. The van der Waals surface area contributed by atoms with Crippen molar-refractivity contribution in [2.75, 3.05) is 4.90 Å². The number of hydrogen-bond acceptors (Lipinski definition) is 1. The number of fused-ring (bicyclic) bond motifs is 6. The lowest BCUT2D eigenvalue weighted by molar-refractivity contribution is 0.660. The summed E-state index contributed by atoms with van der Waals surface area (Å²) in [7, 11) is 0. The summed E-state index contributed by atoms with van der Waals surface area (Å²) in [6, 6.07) is 74.3. The molecule has 0 aliphatic heterocycles. The molecule has 0 atom stereocenters. The molecule has 0 fully saturated rings. The predicted octanol–water partition coefficient (Wildman–Crippen LogP) is 16.5. The van der Waals surface area contributed by atoms with E-state index in [1.165, 1.54) is 99.8 Å². The summed E-state index contributed by atoms with van der Waals surface area (Å²) in [4.78, 5) is 2.41. The van der Waals surface area contributed by atoms with Crippen LogP contribution in [0.5, 0.6) is 0 Å². The molecular formula is C60H48N2. The van der Waals surface area contributed by atoms with E-state index in [9.17, 15) is 0 Å². The molecule has 10 aromatic rings. The zero-order valence-corrected chi connectivity index (χ0v) is 35.9. The maximum absolute atomic E-state index is 2.45. The van der Waals surface area contributed by atoms with Crippen LogP contribution in [-0.2, 0) is 5.41 Å². The lowest BCUT2D eigenvalue weighted by Gasteiger charge is -2.28. The van der Waals surface area contributed by atoms with E-state index in [1.807, 2.05) is 0 Å². The molecule has 0 unspecified atom stereocenters. The van der Waals surface area contributed by atoms with Crippen LogP contribution in [0.25, 0.3) is 72.0 Å². The second kappa shape index (κ2) is 14.6. The number of para-hydroxylation sites is 1. The summed E-state index contributed by atoms with van der Waals surface area (Å²) in [6.07, 6.45) is 0. The van der Waals surface area contributed by atoms with E-state index in [0.717, 1.165) is 17.1 Å². The second-order valence-corrected chi connectivity index (χ2v) is 17.7. The van der Waals surface area contributed by atoms with E-state index in [0.29, 0.717) is 0 Å². The van der Waals surface area contributed by atoms with Crippen LogP contribution in [0.3, 0.4) is 0 Å². The molecule has 1 heterocycles. The topological polar surface area (TPSA) is 8.17 Å². The minimum atomic E-state index is -0.102. The third-order valence-corrected chi connectivity index (χ3v) is 13.1. The molecular weight excluding hydrogens is 749 g/mol. The Balaban J connectivity index is 1.01. The van der Waals surface area contributed by atoms with Gasteiger partial charge in [0, 0.05) is 38.9 Å². The monoisotopic (exact) mass is 796 g/mol. The van der Waals surface area contributed by atoms with Gasteiger partial charge in [-0.15, -0.1) is 0 Å². The summed E-state index contributed by atoms with van der Waals surface area (Å²) in [5, 5.41) is 2.51. The molecule has 11 rings (SSSR count). The van der Waals surface area contributed by atoms with Gasteiger partial charge in [0.05, 0.1) is 11.0 Å². The number of benzene rings is 9. The average molecular weight is 797 g/mol. The summed E-state index contributed by atoms with van der Waals surface area (Å²) in [5.74, 6) is 0. The minimum absolute atomic E-state index is 0.102. The van der Waals surface area contributed by atoms with Crippen molar-refractivity contribution in [1.82, 2.24) is 4.57 Å². The molecule has 0 spiro atoms. The van der Waals surface area contributed by atoms with Crippen molar-refractivity contribution in [1.29, 1.82) is 0 Å². The van der Waals surface area contributed by atoms with Crippen molar-refractivity contribution in [3.63, 3.8) is 0 Å². The number of nitrogens with zero attached hydrogens (tertiary/aromatic N) is 2. The Kier molecular flexibility index (Phi) is 8.87. The fraction of sp³-hybridized carbons (Fsp3) is 0.100. The molecule has 298 valence electrons. The normalized spacial score (nSPS) is 12.7. The molecule has 0 saturated heterocycles. The summed E-state index contributed by atoms with van der Waals surface area (Å²) in [6.45, 7) is 11.3. The van der Waals surface area contributed by atoms with Crippen molar-refractivity contribution in [2.45, 2.75) is 40.0 Å². The lowest BCUT2D eigenvalue weighted by Crippen LogP contribution is -2.16. The Hall–Kier alpha value is -7.42. The third-order valence-electron chi connectivity index (χ3n) is 13.1. The molecule has 0 amide bonds. The summed E-state index contributed by atoms with van der Waals surface area (Å²) < 4.78 is 2.45. The van der Waals surface area contributed by atoms with Gasteiger partial charge in [0.25, 0.3) is 0 Å². The van der Waals surface area contributed by atoms with Crippen LogP contribution >= 0.6 is 0 Å². The highest BCUT2D eigenvalue weighted by atomic mass is 15.1. The Morgan fingerprint density at radius 1 is 0.355 bits per heavy atom. The maximum Gasteiger partial charge on any atom is 0.0547 e. The minimum Gasteiger partial charge on any atom is -0.310 e. The highest BCUT2D eigenvalue weighted by Gasteiger charge is 2.35. The summed E-state index contributed by atoms with van der Waals surface area (Å²) >= 11 is 0. The van der Waals surface area contributed by atoms with E-state index in [4.69, 9.17) is 0 Å². The zero-order valence-electron chi connectivity index (χ0n) is 35.9. The van der Waals surface area contributed by atoms with E-state index >= 15 is 0 Å². The van der Waals surface area contributed by atoms with Gasteiger partial charge < -0.3 is 9.47 Å². The lowest BCUT2D eigenvalue weighted by atomic mass is 9.82. The first-order valence-electron chi connectivity index (χ1n) is 21.7. The zero-order chi connectivity index (χ0) is 42.1. The number of anilines is 3. The van der Waals surface area contributed by atoms with E-state index in [1.54, 1.807) is 0 Å². The first-order chi connectivity index (χ1) is 30.2. The second-order valence-electron chi connectivity index (χ2n) is 17.7. The van der Waals surface area contributed by atoms with Crippen LogP contribution in [0.1, 0.15) is 41.7 Å². The van der Waals surface area contributed by atoms with Crippen LogP contribution in [0.15, 0.2) is 200 Å². The van der Waals surface area contributed by atoms with Gasteiger partial charge in [0.1, 0.15) is 0 Å². The number of aryl methyl sites for hydroxylation is 3. The molecule has 2 heteroatoms. The Labute approximate surface area is 365 Å². The number of hydrogen-bond donors (Lipinski definition) is 0. The highest BCUT2D eigenvalue weighted by molar-refractivity contribution is 6.10. The Morgan fingerprint density at radius 3 is 1.61 bits per heavy atom. The molecule has 9 aromatic carbocycles. The summed E-state index contributed by atoms with van der Waals surface area (Å²) in [5.41, 5.74) is 23.3. The Bertz CT molecular complexity index is 3310. The average Bonchev–Trinajstić information content (AvgIpc) is 3.74. The van der Waals surface area contributed by atoms with Crippen molar-refractivity contribution in [2.24, 2.45) is 0 Å². The van der Waals surface area contributed by atoms with Gasteiger partial charge in [0.15, 0.2) is 0 Å². The molecule has 1 aliphatic carbocycles. The third kappa shape index (κ3) is 6.34. The van der Waals surface area contributed by atoms with Crippen LogP contribution in [0, 0.1) is 20.8 Å². The van der Waals surface area contributed by atoms with Crippen LogP contribution < -0.4 is 4.90 Å². The van der Waals surface area contributed by atoms with Gasteiger partial charge in [-0.1, -0.05) is 165 Å². The standard InChI is InChI=1S/C60H48N2/c1-39-31-40(2)33-46(32-39)47-34-41(3)35-51(36-47)62-58-18-12-10-16-54(58)55-29-23-45(37-59(55)62)44-21-26-49(27-22-44)61(48-24-19-43(20-25-48)42-13-7-6-8-14-42)50-28-30-53-52-15-9-11-17-56(52)60(4,5)57(53)38-50/h6-38H,1-5H3. The first-order valence-corrected chi connectivity index (χ1v) is 21.7. The first kappa shape index (κ1) is 37.6. The van der Waals surface area contributed by atoms with E-state index in [2.05, 4.69) is 244 Å². The van der Waals surface area contributed by atoms with Crippen molar-refractivity contribution >= 4 is 38.9 Å². The molecule has 0 bridgehead atoms. The van der Waals surface area contributed by atoms with Crippen molar-refractivity contribution in [3.05, 3.63) is 228 Å². The highest BCUT2D eigenvalue weighted by Crippen LogP contribution is 2.51. The van der Waals surface area contributed by atoms with Gasteiger partial charge in [0.2, 0.25) is 0 Å². The quantitative estimate of drug-likeness (QED) is 0.156. The fourth-order valence-electron chi connectivity index (χ4n) is 10.1. The van der Waals surface area contributed by atoms with Crippen LogP contribution in [-0.4, -0.2) is 4.57 Å². The van der Waals surface area contributed by atoms with Gasteiger partial charge >= 0.3 is 0 Å². The molecule has 0 saturated carbocycles. The SMILES string of the molecule is Cc1cc(C)cc(-c2cc(C)cc(-n3c4ccccc4c4ccc(-c5ccc(N(c6ccc(-c7ccccc7)cc6)c6ccc7c(c6)C(C)(C)c6ccccc6-7)cc5)cc43)c2)c1. The van der Waals surface area contributed by atoms with Crippen LogP contribution in [0.2, 0.25) is 0 Å². The van der Waals surface area contributed by atoms with Gasteiger partial charge in [-0.2, -0.15) is 0 Å². The maximum atomic E-state index is 2.45. The largest absolute Gasteiger partial charge is 0.310 e. The van der Waals surface area contributed by atoms with Gasteiger partial charge in [-0.3, -0.25) is 0 Å². The fourth-order valence-corrected chi connectivity index (χ4v) is 10.1. The Morgan fingerprint density at radius 2 is 0.887 bits per heavy atom. The molecule has 1 aliphatic rings. The number of aromatic nitrogens is 1.